The molecule has 2 aromatic heterocycles. The number of anilines is 1. The molecule has 3 aromatic rings. The molecule has 6 nitrogen and oxygen atoms in total. The summed E-state index contributed by atoms with van der Waals surface area (Å²) in [5, 5.41) is 10.00. The Hall–Kier alpha value is -2.93. The quantitative estimate of drug-likeness (QED) is 0.576. The number of carbonyl (C=O) groups is 1. The average Bonchev–Trinajstić information content (AvgIpc) is 3.23. The second-order valence-corrected chi connectivity index (χ2v) is 7.70. The number of benzene rings is 1. The first kappa shape index (κ1) is 20.3. The van der Waals surface area contributed by atoms with E-state index < -0.39 is 11.8 Å². The number of hydrogen-bond acceptors (Lipinski definition) is 5. The number of pyridine rings is 1. The first-order valence-corrected chi connectivity index (χ1v) is 10.2. The van der Waals surface area contributed by atoms with Crippen LogP contribution in [-0.2, 0) is 16.0 Å². The van der Waals surface area contributed by atoms with Crippen molar-refractivity contribution in [1.82, 2.24) is 4.98 Å². The predicted molar refractivity (Wildman–Crippen MR) is 112 cm³/mol. The van der Waals surface area contributed by atoms with Crippen molar-refractivity contribution in [3.8, 4) is 11.3 Å². The van der Waals surface area contributed by atoms with E-state index in [0.29, 0.717) is 49.2 Å². The van der Waals surface area contributed by atoms with Crippen molar-refractivity contribution in [3.63, 3.8) is 0 Å². The summed E-state index contributed by atoms with van der Waals surface area (Å²) in [6, 6.07) is 7.16. The molecule has 158 valence electrons. The lowest BCUT2D eigenvalue weighted by atomic mass is 9.95. The maximum absolute atomic E-state index is 14.6. The number of carboxylic acids is 1. The summed E-state index contributed by atoms with van der Waals surface area (Å²) in [5.74, 6) is -1.48. The van der Waals surface area contributed by atoms with Gasteiger partial charge < -0.3 is 19.2 Å². The minimum absolute atomic E-state index is 0.235. The number of rotatable bonds is 7. The summed E-state index contributed by atoms with van der Waals surface area (Å²) in [4.78, 5) is 18.2. The van der Waals surface area contributed by atoms with Crippen LogP contribution in [-0.4, -0.2) is 42.9 Å². The van der Waals surface area contributed by atoms with E-state index in [1.807, 2.05) is 12.3 Å². The van der Waals surface area contributed by atoms with E-state index in [1.165, 1.54) is 12.3 Å². The van der Waals surface area contributed by atoms with Crippen LogP contribution in [0.15, 0.2) is 41.1 Å². The summed E-state index contributed by atoms with van der Waals surface area (Å²) in [6.07, 6.45) is 6.18. The lowest BCUT2D eigenvalue weighted by Crippen LogP contribution is -2.36. The molecule has 30 heavy (non-hydrogen) atoms. The second-order valence-electron chi connectivity index (χ2n) is 7.70. The molecule has 1 aliphatic rings. The minimum atomic E-state index is -0.742. The molecule has 1 aromatic carbocycles. The first-order valence-electron chi connectivity index (χ1n) is 10.2. The molecule has 3 heterocycles. The zero-order valence-corrected chi connectivity index (χ0v) is 16.9. The highest BCUT2D eigenvalue weighted by Crippen LogP contribution is 2.35. The lowest BCUT2D eigenvalue weighted by molar-refractivity contribution is -0.142. The van der Waals surface area contributed by atoms with Crippen molar-refractivity contribution in [3.05, 3.63) is 48.1 Å². The molecule has 1 N–H and O–H groups in total. The Kier molecular flexibility index (Phi) is 5.99. The number of piperidine rings is 1. The monoisotopic (exact) mass is 412 g/mol. The van der Waals surface area contributed by atoms with Crippen LogP contribution in [0.5, 0.6) is 0 Å². The van der Waals surface area contributed by atoms with Crippen LogP contribution < -0.4 is 4.90 Å². The third-order valence-electron chi connectivity index (χ3n) is 5.70. The molecule has 0 bridgehead atoms. The zero-order chi connectivity index (χ0) is 21.1. The molecule has 0 radical (unpaired) electrons. The van der Waals surface area contributed by atoms with E-state index in [2.05, 4.69) is 11.0 Å². The smallest absolute Gasteiger partial charge is 0.306 e. The summed E-state index contributed by atoms with van der Waals surface area (Å²) in [7, 11) is 1.68. The Morgan fingerprint density at radius 1 is 1.33 bits per heavy atom. The third-order valence-corrected chi connectivity index (χ3v) is 5.70. The van der Waals surface area contributed by atoms with Crippen LogP contribution >= 0.6 is 0 Å². The van der Waals surface area contributed by atoms with E-state index in [4.69, 9.17) is 14.1 Å². The number of nitrogens with zero attached hydrogens (tertiary/aromatic N) is 2. The van der Waals surface area contributed by atoms with E-state index >= 15 is 0 Å². The van der Waals surface area contributed by atoms with Gasteiger partial charge >= 0.3 is 5.97 Å². The highest BCUT2D eigenvalue weighted by Gasteiger charge is 2.26. The van der Waals surface area contributed by atoms with Crippen LogP contribution in [0.25, 0.3) is 22.2 Å². The van der Waals surface area contributed by atoms with E-state index in [-0.39, 0.29) is 11.5 Å². The molecule has 0 unspecified atom stereocenters. The summed E-state index contributed by atoms with van der Waals surface area (Å²) < 4.78 is 24.9. The Labute approximate surface area is 174 Å². The first-order chi connectivity index (χ1) is 14.6. The van der Waals surface area contributed by atoms with Gasteiger partial charge in [0.05, 0.1) is 23.6 Å². The fourth-order valence-corrected chi connectivity index (χ4v) is 4.06. The number of aryl methyl sites for hydroxylation is 1. The van der Waals surface area contributed by atoms with Gasteiger partial charge in [-0.25, -0.2) is 4.39 Å². The number of halogens is 1. The van der Waals surface area contributed by atoms with Crippen molar-refractivity contribution in [2.75, 3.05) is 31.7 Å². The molecule has 1 aliphatic heterocycles. The van der Waals surface area contributed by atoms with Crippen LogP contribution in [0.2, 0.25) is 0 Å². The van der Waals surface area contributed by atoms with Crippen molar-refractivity contribution >= 4 is 22.6 Å². The fourth-order valence-electron chi connectivity index (χ4n) is 4.06. The Bertz CT molecular complexity index is 1040. The van der Waals surface area contributed by atoms with Crippen molar-refractivity contribution in [2.45, 2.75) is 25.7 Å². The fraction of sp³-hybridized carbons (Fsp3) is 0.391. The molecular formula is C23H25FN2O4. The molecule has 0 atom stereocenters. The molecule has 1 saturated heterocycles. The van der Waals surface area contributed by atoms with Gasteiger partial charge in [0.1, 0.15) is 0 Å². The maximum Gasteiger partial charge on any atom is 0.306 e. The minimum Gasteiger partial charge on any atom is -0.481 e. The predicted octanol–water partition coefficient (Wildman–Crippen LogP) is 4.51. The van der Waals surface area contributed by atoms with Crippen LogP contribution in [0.4, 0.5) is 10.1 Å². The Morgan fingerprint density at radius 3 is 2.87 bits per heavy atom. The molecule has 4 rings (SSSR count). The number of furan rings is 1. The SMILES string of the molecule is COCCCc1cnc(-c2cc(F)c3occc3c2)c(N2CCC(C(=O)O)CC2)c1. The Balaban J connectivity index is 1.70. The van der Waals surface area contributed by atoms with Gasteiger partial charge in [0.25, 0.3) is 0 Å². The number of ether oxygens (including phenoxy) is 1. The van der Waals surface area contributed by atoms with Gasteiger partial charge in [-0.05, 0) is 55.5 Å². The van der Waals surface area contributed by atoms with Crippen LogP contribution in [0.3, 0.4) is 0 Å². The van der Waals surface area contributed by atoms with E-state index in [9.17, 15) is 14.3 Å². The average molecular weight is 412 g/mol. The van der Waals surface area contributed by atoms with Crippen molar-refractivity contribution in [1.29, 1.82) is 0 Å². The highest BCUT2D eigenvalue weighted by atomic mass is 19.1. The maximum atomic E-state index is 14.6. The van der Waals surface area contributed by atoms with Gasteiger partial charge in [-0.2, -0.15) is 0 Å². The van der Waals surface area contributed by atoms with Gasteiger partial charge in [0.15, 0.2) is 11.4 Å². The zero-order valence-electron chi connectivity index (χ0n) is 16.9. The van der Waals surface area contributed by atoms with E-state index in [1.54, 1.807) is 13.2 Å². The molecular weight excluding hydrogens is 387 g/mol. The largest absolute Gasteiger partial charge is 0.481 e. The Morgan fingerprint density at radius 2 is 2.13 bits per heavy atom. The molecule has 0 amide bonds. The van der Waals surface area contributed by atoms with Crippen LogP contribution in [0, 0.1) is 11.7 Å². The molecule has 0 aliphatic carbocycles. The normalized spacial score (nSPS) is 15.1. The van der Waals surface area contributed by atoms with Gasteiger partial charge in [0, 0.05) is 44.0 Å². The van der Waals surface area contributed by atoms with Crippen LogP contribution in [0.1, 0.15) is 24.8 Å². The molecule has 0 spiro atoms. The van der Waals surface area contributed by atoms with Gasteiger partial charge in [-0.1, -0.05) is 0 Å². The summed E-state index contributed by atoms with van der Waals surface area (Å²) in [5.41, 5.74) is 3.60. The topological polar surface area (TPSA) is 75.8 Å². The standard InChI is InChI=1S/C23H25FN2O4/c1-29-9-2-3-15-11-20(26-7-4-16(5-8-26)23(27)28)21(25-14-15)18-12-17-6-10-30-22(17)19(24)13-18/h6,10-14,16H,2-5,7-9H2,1H3,(H,27,28). The summed E-state index contributed by atoms with van der Waals surface area (Å²) >= 11 is 0. The third kappa shape index (κ3) is 4.16. The number of aromatic nitrogens is 1. The van der Waals surface area contributed by atoms with Crippen molar-refractivity contribution in [2.24, 2.45) is 5.92 Å². The van der Waals surface area contributed by atoms with Gasteiger partial charge in [-0.15, -0.1) is 0 Å². The van der Waals surface area contributed by atoms with Gasteiger partial charge in [-0.3, -0.25) is 9.78 Å². The second kappa shape index (κ2) is 8.83. The van der Waals surface area contributed by atoms with Crippen molar-refractivity contribution < 1.29 is 23.4 Å². The number of carboxylic acid groups (broad SMARTS) is 1. The lowest BCUT2D eigenvalue weighted by Gasteiger charge is -2.33. The number of methoxy groups -OCH3 is 1. The van der Waals surface area contributed by atoms with E-state index in [0.717, 1.165) is 24.1 Å². The number of fused-ring (bicyclic) bond motifs is 1. The molecule has 1 fully saturated rings. The molecule has 0 saturated carbocycles. The molecule has 7 heteroatoms. The highest BCUT2D eigenvalue weighted by molar-refractivity contribution is 5.86. The summed E-state index contributed by atoms with van der Waals surface area (Å²) in [6.45, 7) is 1.93. The number of hydrogen-bond donors (Lipinski definition) is 1. The number of aliphatic carboxylic acids is 1. The van der Waals surface area contributed by atoms with Gasteiger partial charge in [0.2, 0.25) is 0 Å².